The minimum Gasteiger partial charge on any atom is -0.494 e. The van der Waals surface area contributed by atoms with Crippen molar-refractivity contribution < 1.29 is 19.1 Å². The van der Waals surface area contributed by atoms with Crippen LogP contribution in [0.1, 0.15) is 37.0 Å². The van der Waals surface area contributed by atoms with E-state index < -0.39 is 6.04 Å². The molecule has 0 spiro atoms. The van der Waals surface area contributed by atoms with Crippen LogP contribution >= 0.6 is 15.9 Å². The molecule has 31 heavy (non-hydrogen) atoms. The van der Waals surface area contributed by atoms with Gasteiger partial charge in [0, 0.05) is 34.8 Å². The number of hydrogen-bond donors (Lipinski definition) is 2. The number of amides is 3. The summed E-state index contributed by atoms with van der Waals surface area (Å²) in [5.74, 6) is -0.198. The van der Waals surface area contributed by atoms with Crippen molar-refractivity contribution in [3.8, 4) is 5.75 Å². The molecule has 0 unspecified atom stereocenters. The van der Waals surface area contributed by atoms with Gasteiger partial charge in [0.25, 0.3) is 5.91 Å². The highest BCUT2D eigenvalue weighted by atomic mass is 79.9. The van der Waals surface area contributed by atoms with Crippen molar-refractivity contribution in [2.24, 2.45) is 5.92 Å². The molecule has 1 aliphatic rings. The Hall–Kier alpha value is -2.87. The Labute approximate surface area is 190 Å². The average Bonchev–Trinajstić information content (AvgIpc) is 3.17. The fraction of sp³-hybridized carbons (Fsp3) is 0.348. The van der Waals surface area contributed by atoms with Crippen LogP contribution in [0.5, 0.6) is 5.75 Å². The SMILES string of the molecule is COc1cc(NC(=O)[C@@H](NC(=O)c2ccc(Br)cc2)C(C)C)ccc1N1CCCC1=O. The Morgan fingerprint density at radius 1 is 1.13 bits per heavy atom. The number of ether oxygens (including phenoxy) is 1. The smallest absolute Gasteiger partial charge is 0.251 e. The molecule has 1 aliphatic heterocycles. The summed E-state index contributed by atoms with van der Waals surface area (Å²) in [6.45, 7) is 4.39. The van der Waals surface area contributed by atoms with E-state index in [2.05, 4.69) is 26.6 Å². The molecule has 1 fully saturated rings. The number of anilines is 2. The molecule has 0 radical (unpaired) electrons. The summed E-state index contributed by atoms with van der Waals surface area (Å²) in [5, 5.41) is 5.66. The molecular formula is C23H26BrN3O4. The Balaban J connectivity index is 1.73. The lowest BCUT2D eigenvalue weighted by molar-refractivity contribution is -0.119. The third-order valence-corrected chi connectivity index (χ3v) is 5.68. The van der Waals surface area contributed by atoms with Crippen molar-refractivity contribution in [3.63, 3.8) is 0 Å². The monoisotopic (exact) mass is 487 g/mol. The second kappa shape index (κ2) is 9.96. The van der Waals surface area contributed by atoms with Gasteiger partial charge in [-0.2, -0.15) is 0 Å². The molecule has 0 aliphatic carbocycles. The van der Waals surface area contributed by atoms with Crippen LogP contribution in [0.4, 0.5) is 11.4 Å². The summed E-state index contributed by atoms with van der Waals surface area (Å²) < 4.78 is 6.32. The zero-order chi connectivity index (χ0) is 22.5. The van der Waals surface area contributed by atoms with Gasteiger partial charge in [-0.25, -0.2) is 0 Å². The third-order valence-electron chi connectivity index (χ3n) is 5.15. The van der Waals surface area contributed by atoms with Gasteiger partial charge in [-0.15, -0.1) is 0 Å². The van der Waals surface area contributed by atoms with Crippen LogP contribution in [0.3, 0.4) is 0 Å². The van der Waals surface area contributed by atoms with Gasteiger partial charge in [-0.1, -0.05) is 29.8 Å². The summed E-state index contributed by atoms with van der Waals surface area (Å²) in [7, 11) is 1.53. The van der Waals surface area contributed by atoms with Gasteiger partial charge in [-0.05, 0) is 48.7 Å². The van der Waals surface area contributed by atoms with Crippen molar-refractivity contribution in [2.75, 3.05) is 23.9 Å². The molecule has 2 aromatic rings. The highest BCUT2D eigenvalue weighted by Gasteiger charge is 2.27. The highest BCUT2D eigenvalue weighted by Crippen LogP contribution is 2.34. The quantitative estimate of drug-likeness (QED) is 0.618. The van der Waals surface area contributed by atoms with E-state index in [1.165, 1.54) is 7.11 Å². The van der Waals surface area contributed by atoms with Crippen molar-refractivity contribution in [2.45, 2.75) is 32.7 Å². The molecule has 3 amide bonds. The largest absolute Gasteiger partial charge is 0.494 e. The maximum Gasteiger partial charge on any atom is 0.251 e. The number of carbonyl (C=O) groups excluding carboxylic acids is 3. The first-order valence-electron chi connectivity index (χ1n) is 10.2. The van der Waals surface area contributed by atoms with Crippen LogP contribution in [-0.4, -0.2) is 37.4 Å². The van der Waals surface area contributed by atoms with Gasteiger partial charge in [0.05, 0.1) is 12.8 Å². The van der Waals surface area contributed by atoms with Crippen molar-refractivity contribution in [1.82, 2.24) is 5.32 Å². The van der Waals surface area contributed by atoms with E-state index >= 15 is 0 Å². The first-order chi connectivity index (χ1) is 14.8. The second-order valence-corrected chi connectivity index (χ2v) is 8.64. The van der Waals surface area contributed by atoms with Crippen LogP contribution in [-0.2, 0) is 9.59 Å². The van der Waals surface area contributed by atoms with Crippen molar-refractivity contribution in [3.05, 3.63) is 52.5 Å². The van der Waals surface area contributed by atoms with Crippen LogP contribution in [0, 0.1) is 5.92 Å². The van der Waals surface area contributed by atoms with Gasteiger partial charge in [0.1, 0.15) is 11.8 Å². The van der Waals surface area contributed by atoms with Gasteiger partial charge in [0.15, 0.2) is 0 Å². The normalized spacial score (nSPS) is 14.5. The molecule has 1 saturated heterocycles. The summed E-state index contributed by atoms with van der Waals surface area (Å²) in [4.78, 5) is 39.3. The predicted octanol–water partition coefficient (Wildman–Crippen LogP) is 3.98. The number of halogens is 1. The lowest BCUT2D eigenvalue weighted by Crippen LogP contribution is -2.47. The molecule has 8 heteroatoms. The minimum atomic E-state index is -0.720. The number of benzene rings is 2. The van der Waals surface area contributed by atoms with Gasteiger partial charge in [-0.3, -0.25) is 14.4 Å². The van der Waals surface area contributed by atoms with Crippen molar-refractivity contribution >= 4 is 45.0 Å². The molecule has 2 N–H and O–H groups in total. The predicted molar refractivity (Wildman–Crippen MR) is 123 cm³/mol. The molecule has 3 rings (SSSR count). The van der Waals surface area contributed by atoms with Crippen LogP contribution in [0.25, 0.3) is 0 Å². The summed E-state index contributed by atoms with van der Waals surface area (Å²) in [6.07, 6.45) is 1.34. The number of hydrogen-bond acceptors (Lipinski definition) is 4. The third kappa shape index (κ3) is 5.44. The Morgan fingerprint density at radius 2 is 1.84 bits per heavy atom. The lowest BCUT2D eigenvalue weighted by atomic mass is 10.0. The lowest BCUT2D eigenvalue weighted by Gasteiger charge is -2.23. The minimum absolute atomic E-state index is 0.0608. The number of nitrogens with zero attached hydrogens (tertiary/aromatic N) is 1. The standard InChI is InChI=1S/C23H26BrN3O4/c1-14(2)21(26-22(29)15-6-8-16(24)9-7-15)23(30)25-17-10-11-18(19(13-17)31-3)27-12-4-5-20(27)28/h6-11,13-14,21H,4-5,12H2,1-3H3,(H,25,30)(H,26,29)/t21-/m0/s1. The second-order valence-electron chi connectivity index (χ2n) is 7.73. The summed E-state index contributed by atoms with van der Waals surface area (Å²) >= 11 is 3.34. The van der Waals surface area contributed by atoms with E-state index in [1.54, 1.807) is 47.4 Å². The van der Waals surface area contributed by atoms with E-state index in [1.807, 2.05) is 13.8 Å². The number of rotatable bonds is 7. The first kappa shape index (κ1) is 22.8. The molecule has 0 saturated carbocycles. The molecular weight excluding hydrogens is 462 g/mol. The van der Waals surface area contributed by atoms with E-state index in [0.29, 0.717) is 35.7 Å². The van der Waals surface area contributed by atoms with Gasteiger partial charge < -0.3 is 20.3 Å². The molecule has 1 atom stereocenters. The fourth-order valence-corrected chi connectivity index (χ4v) is 3.73. The summed E-state index contributed by atoms with van der Waals surface area (Å²) in [6, 6.07) is 11.4. The Bertz CT molecular complexity index is 975. The maximum atomic E-state index is 12.9. The Kier molecular flexibility index (Phi) is 7.33. The molecule has 7 nitrogen and oxygen atoms in total. The van der Waals surface area contributed by atoms with E-state index in [4.69, 9.17) is 4.74 Å². The Morgan fingerprint density at radius 3 is 2.42 bits per heavy atom. The molecule has 0 aromatic heterocycles. The molecule has 2 aromatic carbocycles. The number of carbonyl (C=O) groups is 3. The fourth-order valence-electron chi connectivity index (χ4n) is 3.46. The number of nitrogens with one attached hydrogen (secondary N) is 2. The van der Waals surface area contributed by atoms with Gasteiger partial charge >= 0.3 is 0 Å². The van der Waals surface area contributed by atoms with Crippen LogP contribution in [0.15, 0.2) is 46.9 Å². The van der Waals surface area contributed by atoms with Crippen LogP contribution < -0.4 is 20.3 Å². The van der Waals surface area contributed by atoms with E-state index in [9.17, 15) is 14.4 Å². The topological polar surface area (TPSA) is 87.7 Å². The molecule has 1 heterocycles. The highest BCUT2D eigenvalue weighted by molar-refractivity contribution is 9.10. The summed E-state index contributed by atoms with van der Waals surface area (Å²) in [5.41, 5.74) is 1.69. The zero-order valence-electron chi connectivity index (χ0n) is 17.8. The zero-order valence-corrected chi connectivity index (χ0v) is 19.4. The maximum absolute atomic E-state index is 12.9. The van der Waals surface area contributed by atoms with Gasteiger partial charge in [0.2, 0.25) is 11.8 Å². The molecule has 0 bridgehead atoms. The van der Waals surface area contributed by atoms with Crippen LogP contribution in [0.2, 0.25) is 0 Å². The average molecular weight is 488 g/mol. The van der Waals surface area contributed by atoms with E-state index in [0.717, 1.165) is 10.9 Å². The first-order valence-corrected chi connectivity index (χ1v) is 10.9. The van der Waals surface area contributed by atoms with Crippen molar-refractivity contribution in [1.29, 1.82) is 0 Å². The molecule has 164 valence electrons. The number of methoxy groups -OCH3 is 1. The van der Waals surface area contributed by atoms with E-state index in [-0.39, 0.29) is 23.6 Å².